The summed E-state index contributed by atoms with van der Waals surface area (Å²) in [5, 5.41) is 0. The number of fused-ring (bicyclic) bond motifs is 1. The van der Waals surface area contributed by atoms with Crippen LogP contribution in [-0.4, -0.2) is 11.6 Å². The summed E-state index contributed by atoms with van der Waals surface area (Å²) >= 11 is 0. The molecule has 78 valence electrons. The van der Waals surface area contributed by atoms with Gasteiger partial charge in [0.25, 0.3) is 0 Å². The fourth-order valence-corrected chi connectivity index (χ4v) is 1.96. The lowest BCUT2D eigenvalue weighted by Gasteiger charge is -2.01. The Morgan fingerprint density at radius 3 is 3.13 bits per heavy atom. The van der Waals surface area contributed by atoms with E-state index in [0.717, 1.165) is 36.4 Å². The highest BCUT2D eigenvalue weighted by atomic mass is 16.5. The molecule has 0 spiro atoms. The molecule has 1 aliphatic rings. The highest BCUT2D eigenvalue weighted by Gasteiger charge is 2.22. The molecule has 3 heteroatoms. The van der Waals surface area contributed by atoms with Crippen molar-refractivity contribution in [2.24, 2.45) is 0 Å². The van der Waals surface area contributed by atoms with E-state index in [4.69, 9.17) is 9.15 Å². The van der Waals surface area contributed by atoms with E-state index in [1.54, 1.807) is 0 Å². The molecule has 15 heavy (non-hydrogen) atoms. The molecule has 1 aromatic heterocycles. The van der Waals surface area contributed by atoms with Gasteiger partial charge in [-0.15, -0.1) is 0 Å². The van der Waals surface area contributed by atoms with Crippen LogP contribution in [0.15, 0.2) is 22.6 Å². The number of aryl methyl sites for hydroxylation is 1. The molecule has 0 amide bonds. The third-order valence-corrected chi connectivity index (χ3v) is 2.77. The van der Waals surface area contributed by atoms with Crippen LogP contribution in [0.4, 0.5) is 0 Å². The molecule has 0 bridgehead atoms. The summed E-state index contributed by atoms with van der Waals surface area (Å²) in [5.74, 6) is 0.730. The highest BCUT2D eigenvalue weighted by Crippen LogP contribution is 2.30. The predicted octanol–water partition coefficient (Wildman–Crippen LogP) is 2.99. The van der Waals surface area contributed by atoms with E-state index in [9.17, 15) is 0 Å². The minimum atomic E-state index is 0.0673. The Balaban J connectivity index is 2.05. The number of hydrogen-bond acceptors (Lipinski definition) is 3. The molecule has 1 aromatic carbocycles. The van der Waals surface area contributed by atoms with Gasteiger partial charge in [0, 0.05) is 6.61 Å². The van der Waals surface area contributed by atoms with E-state index in [-0.39, 0.29) is 6.10 Å². The first-order chi connectivity index (χ1) is 7.33. The standard InChI is InChI=1S/C12H13NO2/c1-8-4-5-9-11(7-8)15-12(13-9)10-3-2-6-14-10/h4-5,7,10H,2-3,6H2,1H3. The van der Waals surface area contributed by atoms with Crippen molar-refractivity contribution in [2.45, 2.75) is 25.9 Å². The number of hydrogen-bond donors (Lipinski definition) is 0. The molecule has 0 radical (unpaired) electrons. The Morgan fingerprint density at radius 1 is 1.40 bits per heavy atom. The number of benzene rings is 1. The van der Waals surface area contributed by atoms with Gasteiger partial charge in [0.15, 0.2) is 5.58 Å². The molecule has 3 nitrogen and oxygen atoms in total. The second-order valence-corrected chi connectivity index (χ2v) is 4.02. The largest absolute Gasteiger partial charge is 0.438 e. The van der Waals surface area contributed by atoms with E-state index in [1.165, 1.54) is 5.56 Å². The van der Waals surface area contributed by atoms with Crippen molar-refractivity contribution in [1.29, 1.82) is 0 Å². The summed E-state index contributed by atoms with van der Waals surface area (Å²) in [6.45, 7) is 2.87. The SMILES string of the molecule is Cc1ccc2nc(C3CCCO3)oc2c1. The average Bonchev–Trinajstić information content (AvgIpc) is 2.84. The Morgan fingerprint density at radius 2 is 2.33 bits per heavy atom. The minimum absolute atomic E-state index is 0.0673. The maximum Gasteiger partial charge on any atom is 0.224 e. The van der Waals surface area contributed by atoms with E-state index in [2.05, 4.69) is 4.98 Å². The molecule has 1 fully saturated rings. The maximum atomic E-state index is 5.70. The number of aromatic nitrogens is 1. The first kappa shape index (κ1) is 8.92. The zero-order valence-corrected chi connectivity index (χ0v) is 8.69. The number of ether oxygens (including phenoxy) is 1. The summed E-state index contributed by atoms with van der Waals surface area (Å²) in [6.07, 6.45) is 2.19. The van der Waals surface area contributed by atoms with Gasteiger partial charge in [-0.3, -0.25) is 0 Å². The van der Waals surface area contributed by atoms with Gasteiger partial charge in [-0.2, -0.15) is 0 Å². The molecule has 0 aliphatic carbocycles. The lowest BCUT2D eigenvalue weighted by Crippen LogP contribution is -1.94. The van der Waals surface area contributed by atoms with Gasteiger partial charge >= 0.3 is 0 Å². The predicted molar refractivity (Wildman–Crippen MR) is 56.7 cm³/mol. The average molecular weight is 203 g/mol. The van der Waals surface area contributed by atoms with Crippen molar-refractivity contribution in [3.05, 3.63) is 29.7 Å². The first-order valence-electron chi connectivity index (χ1n) is 5.31. The first-order valence-corrected chi connectivity index (χ1v) is 5.31. The summed E-state index contributed by atoms with van der Waals surface area (Å²) in [7, 11) is 0. The van der Waals surface area contributed by atoms with Crippen molar-refractivity contribution < 1.29 is 9.15 Å². The maximum absolute atomic E-state index is 5.70. The third kappa shape index (κ3) is 1.53. The Hall–Kier alpha value is -1.35. The van der Waals surface area contributed by atoms with Crippen molar-refractivity contribution in [2.75, 3.05) is 6.61 Å². The molecule has 2 aromatic rings. The summed E-state index contributed by atoms with van der Waals surface area (Å²) in [5.41, 5.74) is 2.98. The zero-order valence-electron chi connectivity index (χ0n) is 8.69. The van der Waals surface area contributed by atoms with E-state index in [0.29, 0.717) is 0 Å². The molecule has 1 aliphatic heterocycles. The molecule has 1 saturated heterocycles. The molecular weight excluding hydrogens is 190 g/mol. The monoisotopic (exact) mass is 203 g/mol. The van der Waals surface area contributed by atoms with Gasteiger partial charge in [-0.25, -0.2) is 4.98 Å². The van der Waals surface area contributed by atoms with Crippen LogP contribution in [0.2, 0.25) is 0 Å². The summed E-state index contributed by atoms with van der Waals surface area (Å²) in [4.78, 5) is 4.44. The number of rotatable bonds is 1. The Bertz CT molecular complexity index is 483. The van der Waals surface area contributed by atoms with Crippen LogP contribution in [-0.2, 0) is 4.74 Å². The third-order valence-electron chi connectivity index (χ3n) is 2.77. The summed E-state index contributed by atoms with van der Waals surface area (Å²) in [6, 6.07) is 6.05. The second-order valence-electron chi connectivity index (χ2n) is 4.02. The van der Waals surface area contributed by atoms with Crippen LogP contribution in [0.25, 0.3) is 11.1 Å². The Kier molecular flexibility index (Phi) is 1.99. The van der Waals surface area contributed by atoms with Crippen molar-refractivity contribution in [3.63, 3.8) is 0 Å². The van der Waals surface area contributed by atoms with Crippen LogP contribution in [0.5, 0.6) is 0 Å². The van der Waals surface area contributed by atoms with E-state index in [1.807, 2.05) is 25.1 Å². The van der Waals surface area contributed by atoms with Crippen molar-refractivity contribution >= 4 is 11.1 Å². The molecule has 1 atom stereocenters. The lowest BCUT2D eigenvalue weighted by atomic mass is 10.2. The summed E-state index contributed by atoms with van der Waals surface area (Å²) < 4.78 is 11.2. The zero-order chi connectivity index (χ0) is 10.3. The van der Waals surface area contributed by atoms with Crippen molar-refractivity contribution in [3.8, 4) is 0 Å². The minimum Gasteiger partial charge on any atom is -0.438 e. The van der Waals surface area contributed by atoms with Crippen LogP contribution < -0.4 is 0 Å². The van der Waals surface area contributed by atoms with Gasteiger partial charge in [0.2, 0.25) is 5.89 Å². The van der Waals surface area contributed by atoms with Gasteiger partial charge < -0.3 is 9.15 Å². The lowest BCUT2D eigenvalue weighted by molar-refractivity contribution is 0.0907. The molecule has 1 unspecified atom stereocenters. The normalized spacial score (nSPS) is 21.3. The number of nitrogens with zero attached hydrogens (tertiary/aromatic N) is 1. The fraction of sp³-hybridized carbons (Fsp3) is 0.417. The van der Waals surface area contributed by atoms with Crippen LogP contribution in [0.1, 0.15) is 30.4 Å². The molecule has 3 rings (SSSR count). The van der Waals surface area contributed by atoms with Crippen LogP contribution >= 0.6 is 0 Å². The van der Waals surface area contributed by atoms with Gasteiger partial charge in [-0.05, 0) is 37.5 Å². The highest BCUT2D eigenvalue weighted by molar-refractivity contribution is 5.73. The van der Waals surface area contributed by atoms with Crippen molar-refractivity contribution in [1.82, 2.24) is 4.98 Å². The molecule has 0 N–H and O–H groups in total. The van der Waals surface area contributed by atoms with Crippen LogP contribution in [0, 0.1) is 6.92 Å². The molecule has 0 saturated carbocycles. The van der Waals surface area contributed by atoms with Gasteiger partial charge in [0.05, 0.1) is 0 Å². The number of oxazole rings is 1. The molecule has 2 heterocycles. The molecular formula is C12H13NO2. The van der Waals surface area contributed by atoms with E-state index >= 15 is 0 Å². The Labute approximate surface area is 88.1 Å². The van der Waals surface area contributed by atoms with Gasteiger partial charge in [-0.1, -0.05) is 6.07 Å². The fourth-order valence-electron chi connectivity index (χ4n) is 1.96. The smallest absolute Gasteiger partial charge is 0.224 e. The van der Waals surface area contributed by atoms with E-state index < -0.39 is 0 Å². The quantitative estimate of drug-likeness (QED) is 0.714. The van der Waals surface area contributed by atoms with Gasteiger partial charge in [0.1, 0.15) is 11.6 Å². The van der Waals surface area contributed by atoms with Crippen LogP contribution in [0.3, 0.4) is 0 Å². The topological polar surface area (TPSA) is 35.3 Å². The second kappa shape index (κ2) is 3.35.